The van der Waals surface area contributed by atoms with Crippen LogP contribution in [0.2, 0.25) is 0 Å². The van der Waals surface area contributed by atoms with Crippen molar-refractivity contribution in [2.75, 3.05) is 13.2 Å². The number of carbonyl (C=O) groups is 1. The number of likely N-dealkylation sites (tertiary alicyclic amines) is 1. The molecule has 1 saturated heterocycles. The van der Waals surface area contributed by atoms with Crippen LogP contribution in [0.25, 0.3) is 0 Å². The van der Waals surface area contributed by atoms with Crippen LogP contribution >= 0.6 is 0 Å². The van der Waals surface area contributed by atoms with Crippen LogP contribution in [0.15, 0.2) is 42.6 Å². The van der Waals surface area contributed by atoms with Gasteiger partial charge < -0.3 is 14.6 Å². The molecule has 0 aliphatic carbocycles. The number of hydrogen-bond donors (Lipinski definition) is 1. The molecule has 0 radical (unpaired) electrons. The molecule has 1 unspecified atom stereocenters. The number of nitrogens with zero attached hydrogens (tertiary/aromatic N) is 1. The van der Waals surface area contributed by atoms with Crippen LogP contribution in [0.1, 0.15) is 43.0 Å². The number of ether oxygens (including phenoxy) is 1. The Hall–Kier alpha value is -2.23. The summed E-state index contributed by atoms with van der Waals surface area (Å²) in [5.74, 6) is 1.10. The van der Waals surface area contributed by atoms with Gasteiger partial charge in [0.15, 0.2) is 0 Å². The van der Waals surface area contributed by atoms with Crippen molar-refractivity contribution >= 4 is 5.91 Å². The lowest BCUT2D eigenvalue weighted by molar-refractivity contribution is -0.132. The molecule has 0 spiro atoms. The molecule has 1 aromatic heterocycles. The van der Waals surface area contributed by atoms with Crippen molar-refractivity contribution in [3.63, 3.8) is 0 Å². The maximum Gasteiger partial charge on any atom is 0.223 e. The minimum atomic E-state index is 0.218. The second-order valence-corrected chi connectivity index (χ2v) is 6.14. The Morgan fingerprint density at radius 1 is 1.30 bits per heavy atom. The Balaban J connectivity index is 1.45. The monoisotopic (exact) mass is 312 g/mol. The van der Waals surface area contributed by atoms with Crippen LogP contribution < -0.4 is 4.74 Å². The van der Waals surface area contributed by atoms with Gasteiger partial charge in [0.2, 0.25) is 5.91 Å². The van der Waals surface area contributed by atoms with E-state index in [1.54, 1.807) is 0 Å². The molecule has 0 bridgehead atoms. The van der Waals surface area contributed by atoms with Gasteiger partial charge in [0.05, 0.1) is 12.6 Å². The number of hydrogen-bond acceptors (Lipinski definition) is 2. The number of aryl methyl sites for hydroxylation is 1. The van der Waals surface area contributed by atoms with E-state index in [0.717, 1.165) is 37.3 Å². The molecule has 23 heavy (non-hydrogen) atoms. The number of rotatable bonds is 6. The fourth-order valence-electron chi connectivity index (χ4n) is 3.13. The Labute approximate surface area is 137 Å². The zero-order valence-electron chi connectivity index (χ0n) is 13.6. The van der Waals surface area contributed by atoms with Crippen LogP contribution in [0.3, 0.4) is 0 Å². The zero-order chi connectivity index (χ0) is 16.1. The maximum absolute atomic E-state index is 12.5. The first kappa shape index (κ1) is 15.7. The third kappa shape index (κ3) is 3.95. The van der Waals surface area contributed by atoms with Gasteiger partial charge in [-0.05, 0) is 50.5 Å². The van der Waals surface area contributed by atoms with Gasteiger partial charge in [0.25, 0.3) is 0 Å². The molecular weight excluding hydrogens is 288 g/mol. The molecule has 1 aromatic carbocycles. The zero-order valence-corrected chi connectivity index (χ0v) is 13.6. The van der Waals surface area contributed by atoms with Gasteiger partial charge in [-0.1, -0.05) is 17.7 Å². The number of carbonyl (C=O) groups excluding carboxylic acids is 1. The Morgan fingerprint density at radius 3 is 2.87 bits per heavy atom. The summed E-state index contributed by atoms with van der Waals surface area (Å²) in [4.78, 5) is 17.7. The second-order valence-electron chi connectivity index (χ2n) is 6.14. The Bertz CT molecular complexity index is 619. The molecule has 1 aliphatic rings. The molecule has 122 valence electrons. The molecule has 2 aromatic rings. The molecule has 4 heteroatoms. The first-order valence-corrected chi connectivity index (χ1v) is 8.36. The average Bonchev–Trinajstić information content (AvgIpc) is 3.23. The van der Waals surface area contributed by atoms with Crippen LogP contribution in [0.5, 0.6) is 5.75 Å². The molecule has 1 aliphatic heterocycles. The van der Waals surface area contributed by atoms with Gasteiger partial charge >= 0.3 is 0 Å². The molecule has 1 atom stereocenters. The Kier molecular flexibility index (Phi) is 5.01. The van der Waals surface area contributed by atoms with Crippen molar-refractivity contribution in [3.8, 4) is 5.75 Å². The summed E-state index contributed by atoms with van der Waals surface area (Å²) in [5.41, 5.74) is 2.36. The van der Waals surface area contributed by atoms with Crippen LogP contribution in [-0.4, -0.2) is 28.9 Å². The number of benzene rings is 1. The third-order valence-electron chi connectivity index (χ3n) is 4.38. The van der Waals surface area contributed by atoms with Gasteiger partial charge in [-0.2, -0.15) is 0 Å². The molecule has 4 nitrogen and oxygen atoms in total. The van der Waals surface area contributed by atoms with Gasteiger partial charge in [0.1, 0.15) is 5.75 Å². The standard InChI is InChI=1S/C19H24N2O2/c1-15-8-10-16(11-9-15)23-14-4-7-19(22)21-13-3-6-18(21)17-5-2-12-20-17/h2,5,8-12,18,20H,3-4,6-7,13-14H2,1H3. The van der Waals surface area contributed by atoms with Crippen molar-refractivity contribution in [2.45, 2.75) is 38.6 Å². The highest BCUT2D eigenvalue weighted by Crippen LogP contribution is 2.31. The van der Waals surface area contributed by atoms with Crippen molar-refractivity contribution in [2.24, 2.45) is 0 Å². The number of nitrogens with one attached hydrogen (secondary N) is 1. The highest BCUT2D eigenvalue weighted by molar-refractivity contribution is 5.77. The molecule has 1 N–H and O–H groups in total. The first-order chi connectivity index (χ1) is 11.2. The Morgan fingerprint density at radius 2 is 2.13 bits per heavy atom. The van der Waals surface area contributed by atoms with E-state index in [4.69, 9.17) is 4.74 Å². The minimum Gasteiger partial charge on any atom is -0.494 e. The fourth-order valence-corrected chi connectivity index (χ4v) is 3.13. The van der Waals surface area contributed by atoms with E-state index in [1.807, 2.05) is 41.4 Å². The molecular formula is C19H24N2O2. The number of aromatic amines is 1. The molecule has 0 saturated carbocycles. The van der Waals surface area contributed by atoms with Gasteiger partial charge in [0, 0.05) is 24.9 Å². The smallest absolute Gasteiger partial charge is 0.223 e. The van der Waals surface area contributed by atoms with Crippen molar-refractivity contribution in [1.82, 2.24) is 9.88 Å². The summed E-state index contributed by atoms with van der Waals surface area (Å²) >= 11 is 0. The summed E-state index contributed by atoms with van der Waals surface area (Å²) in [6.07, 6.45) is 5.34. The summed E-state index contributed by atoms with van der Waals surface area (Å²) < 4.78 is 5.70. The highest BCUT2D eigenvalue weighted by atomic mass is 16.5. The lowest BCUT2D eigenvalue weighted by Crippen LogP contribution is -2.30. The quantitative estimate of drug-likeness (QED) is 0.824. The summed E-state index contributed by atoms with van der Waals surface area (Å²) in [7, 11) is 0. The minimum absolute atomic E-state index is 0.218. The van der Waals surface area contributed by atoms with Crippen molar-refractivity contribution in [1.29, 1.82) is 0 Å². The summed E-state index contributed by atoms with van der Waals surface area (Å²) in [6, 6.07) is 12.3. The molecule has 3 rings (SSSR count). The van der Waals surface area contributed by atoms with Gasteiger partial charge in [-0.25, -0.2) is 0 Å². The van der Waals surface area contributed by atoms with E-state index < -0.39 is 0 Å². The van der Waals surface area contributed by atoms with E-state index in [0.29, 0.717) is 13.0 Å². The lowest BCUT2D eigenvalue weighted by atomic mass is 10.1. The van der Waals surface area contributed by atoms with E-state index in [1.165, 1.54) is 5.56 Å². The maximum atomic E-state index is 12.5. The molecule has 1 amide bonds. The highest BCUT2D eigenvalue weighted by Gasteiger charge is 2.29. The van der Waals surface area contributed by atoms with Crippen LogP contribution in [0, 0.1) is 6.92 Å². The lowest BCUT2D eigenvalue weighted by Gasteiger charge is -2.24. The SMILES string of the molecule is Cc1ccc(OCCCC(=O)N2CCCC2c2ccc[nH]2)cc1. The molecule has 1 fully saturated rings. The average molecular weight is 312 g/mol. The number of H-pyrrole nitrogens is 1. The summed E-state index contributed by atoms with van der Waals surface area (Å²) in [6.45, 7) is 3.50. The van der Waals surface area contributed by atoms with Crippen LogP contribution in [-0.2, 0) is 4.79 Å². The van der Waals surface area contributed by atoms with E-state index in [2.05, 4.69) is 18.0 Å². The van der Waals surface area contributed by atoms with E-state index >= 15 is 0 Å². The fraction of sp³-hybridized carbons (Fsp3) is 0.421. The van der Waals surface area contributed by atoms with E-state index in [9.17, 15) is 4.79 Å². The topological polar surface area (TPSA) is 45.3 Å². The summed E-state index contributed by atoms with van der Waals surface area (Å²) in [5, 5.41) is 0. The van der Waals surface area contributed by atoms with Gasteiger partial charge in [-0.3, -0.25) is 4.79 Å². The normalized spacial score (nSPS) is 17.4. The number of amides is 1. The molecule has 2 heterocycles. The van der Waals surface area contributed by atoms with Crippen LogP contribution in [0.4, 0.5) is 0 Å². The predicted molar refractivity (Wildman–Crippen MR) is 90.4 cm³/mol. The number of aromatic nitrogens is 1. The van der Waals surface area contributed by atoms with Crippen molar-refractivity contribution < 1.29 is 9.53 Å². The third-order valence-corrected chi connectivity index (χ3v) is 4.38. The second kappa shape index (κ2) is 7.36. The van der Waals surface area contributed by atoms with Crippen molar-refractivity contribution in [3.05, 3.63) is 53.9 Å². The largest absolute Gasteiger partial charge is 0.494 e. The van der Waals surface area contributed by atoms with E-state index in [-0.39, 0.29) is 11.9 Å². The first-order valence-electron chi connectivity index (χ1n) is 8.36. The predicted octanol–water partition coefficient (Wildman–Crippen LogP) is 3.85. The van der Waals surface area contributed by atoms with Gasteiger partial charge in [-0.15, -0.1) is 0 Å².